The molecule has 0 heterocycles. The van der Waals surface area contributed by atoms with Crippen molar-refractivity contribution in [3.05, 3.63) is 12.2 Å². The van der Waals surface area contributed by atoms with E-state index >= 15 is 0 Å². The van der Waals surface area contributed by atoms with E-state index < -0.39 is 20.4 Å². The maximum absolute atomic E-state index is 11.1. The maximum atomic E-state index is 11.1. The standard InChI is InChI=1S/C12H24O4Si/c1-9(2)12(14)15-7-11(13)8-16-17(5,6)10(3)4/h10-11,13H,1,7-8H2,2-6H3. The predicted octanol–water partition coefficient (Wildman–Crippen LogP) is 2.10. The molecule has 1 unspecified atom stereocenters. The monoisotopic (exact) mass is 260 g/mol. The largest absolute Gasteiger partial charge is 0.460 e. The van der Waals surface area contributed by atoms with Crippen LogP contribution in [-0.4, -0.2) is 38.7 Å². The van der Waals surface area contributed by atoms with Gasteiger partial charge in [0.05, 0.1) is 6.61 Å². The highest BCUT2D eigenvalue weighted by molar-refractivity contribution is 6.72. The Bertz CT molecular complexity index is 274. The average molecular weight is 260 g/mol. The van der Waals surface area contributed by atoms with Crippen molar-refractivity contribution >= 4 is 14.3 Å². The number of ether oxygens (including phenoxy) is 1. The lowest BCUT2D eigenvalue weighted by Crippen LogP contribution is -2.38. The first kappa shape index (κ1) is 16.3. The summed E-state index contributed by atoms with van der Waals surface area (Å²) in [7, 11) is -1.74. The van der Waals surface area contributed by atoms with Crippen molar-refractivity contribution < 1.29 is 19.1 Å². The van der Waals surface area contributed by atoms with Crippen LogP contribution in [0.25, 0.3) is 0 Å². The van der Waals surface area contributed by atoms with Gasteiger partial charge in [-0.15, -0.1) is 0 Å². The Morgan fingerprint density at radius 1 is 1.35 bits per heavy atom. The molecule has 0 aromatic heterocycles. The summed E-state index contributed by atoms with van der Waals surface area (Å²) in [4.78, 5) is 11.1. The van der Waals surface area contributed by atoms with E-state index in [0.29, 0.717) is 11.1 Å². The molecule has 0 spiro atoms. The molecule has 0 aliphatic rings. The molecule has 0 rings (SSSR count). The number of hydrogen-bond acceptors (Lipinski definition) is 4. The third-order valence-corrected chi connectivity index (χ3v) is 6.48. The van der Waals surface area contributed by atoms with Crippen LogP contribution < -0.4 is 0 Å². The molecule has 0 saturated heterocycles. The summed E-state index contributed by atoms with van der Waals surface area (Å²) in [6.07, 6.45) is -0.774. The van der Waals surface area contributed by atoms with Gasteiger partial charge in [-0.1, -0.05) is 20.4 Å². The third kappa shape index (κ3) is 6.60. The Morgan fingerprint density at radius 2 is 1.88 bits per heavy atom. The fraction of sp³-hybridized carbons (Fsp3) is 0.750. The van der Waals surface area contributed by atoms with Gasteiger partial charge in [-0.25, -0.2) is 4.79 Å². The highest BCUT2D eigenvalue weighted by atomic mass is 28.4. The summed E-state index contributed by atoms with van der Waals surface area (Å²) in [5.41, 5.74) is 0.808. The van der Waals surface area contributed by atoms with E-state index in [1.165, 1.54) is 0 Å². The molecule has 0 bridgehead atoms. The Hall–Kier alpha value is -0.653. The van der Waals surface area contributed by atoms with Crippen LogP contribution in [0.15, 0.2) is 12.2 Å². The van der Waals surface area contributed by atoms with Crippen LogP contribution in [0.4, 0.5) is 0 Å². The molecule has 0 radical (unpaired) electrons. The third-order valence-electron chi connectivity index (χ3n) is 2.79. The molecule has 0 aliphatic heterocycles. The summed E-state index contributed by atoms with van der Waals surface area (Å²) >= 11 is 0. The topological polar surface area (TPSA) is 55.8 Å². The summed E-state index contributed by atoms with van der Waals surface area (Å²) in [6.45, 7) is 13.6. The van der Waals surface area contributed by atoms with Crippen LogP contribution in [0.3, 0.4) is 0 Å². The second-order valence-corrected chi connectivity index (χ2v) is 9.75. The van der Waals surface area contributed by atoms with Crippen LogP contribution in [0.1, 0.15) is 20.8 Å². The van der Waals surface area contributed by atoms with Gasteiger partial charge in [0.25, 0.3) is 0 Å². The fourth-order valence-electron chi connectivity index (χ4n) is 0.821. The zero-order chi connectivity index (χ0) is 13.6. The second kappa shape index (κ2) is 6.93. The van der Waals surface area contributed by atoms with E-state index in [4.69, 9.17) is 9.16 Å². The molecule has 0 aliphatic carbocycles. The van der Waals surface area contributed by atoms with E-state index in [-0.39, 0.29) is 13.2 Å². The quantitative estimate of drug-likeness (QED) is 0.433. The zero-order valence-electron chi connectivity index (χ0n) is 11.4. The number of aliphatic hydroxyl groups is 1. The number of esters is 1. The number of hydrogen-bond donors (Lipinski definition) is 1. The molecule has 5 heteroatoms. The molecule has 0 saturated carbocycles. The van der Waals surface area contributed by atoms with Crippen molar-refractivity contribution in [1.29, 1.82) is 0 Å². The highest BCUT2D eigenvalue weighted by Gasteiger charge is 2.27. The predicted molar refractivity (Wildman–Crippen MR) is 70.3 cm³/mol. The molecule has 1 atom stereocenters. The molecule has 0 aromatic carbocycles. The number of aliphatic hydroxyl groups excluding tert-OH is 1. The molecular weight excluding hydrogens is 236 g/mol. The molecule has 0 aromatic rings. The van der Waals surface area contributed by atoms with E-state index in [1.807, 2.05) is 0 Å². The van der Waals surface area contributed by atoms with Gasteiger partial charge in [-0.05, 0) is 25.6 Å². The van der Waals surface area contributed by atoms with Crippen molar-refractivity contribution in [2.45, 2.75) is 45.5 Å². The van der Waals surface area contributed by atoms with Crippen molar-refractivity contribution in [1.82, 2.24) is 0 Å². The molecule has 4 nitrogen and oxygen atoms in total. The number of carbonyl (C=O) groups excluding carboxylic acids is 1. The van der Waals surface area contributed by atoms with E-state index in [0.717, 1.165) is 0 Å². The SMILES string of the molecule is C=C(C)C(=O)OCC(O)CO[Si](C)(C)C(C)C. The van der Waals surface area contributed by atoms with Crippen LogP contribution in [0.2, 0.25) is 18.6 Å². The van der Waals surface area contributed by atoms with Gasteiger partial charge < -0.3 is 14.3 Å². The van der Waals surface area contributed by atoms with Crippen LogP contribution in [0, 0.1) is 0 Å². The van der Waals surface area contributed by atoms with Gasteiger partial charge in [0.1, 0.15) is 12.7 Å². The Labute approximate surface area is 105 Å². The van der Waals surface area contributed by atoms with E-state index in [2.05, 4.69) is 33.5 Å². The van der Waals surface area contributed by atoms with Crippen LogP contribution >= 0.6 is 0 Å². The summed E-state index contributed by atoms with van der Waals surface area (Å²) < 4.78 is 10.6. The summed E-state index contributed by atoms with van der Waals surface area (Å²) in [5.74, 6) is -0.482. The number of carbonyl (C=O) groups is 1. The fourth-order valence-corrected chi connectivity index (χ4v) is 1.78. The van der Waals surface area contributed by atoms with Gasteiger partial charge in [0, 0.05) is 5.57 Å². The number of rotatable bonds is 7. The van der Waals surface area contributed by atoms with Crippen LogP contribution in [0.5, 0.6) is 0 Å². The van der Waals surface area contributed by atoms with Gasteiger partial charge >= 0.3 is 5.97 Å². The summed E-state index contributed by atoms with van der Waals surface area (Å²) in [5, 5.41) is 9.62. The van der Waals surface area contributed by atoms with Crippen molar-refractivity contribution in [3.8, 4) is 0 Å². The van der Waals surface area contributed by atoms with E-state index in [1.54, 1.807) is 6.92 Å². The van der Waals surface area contributed by atoms with Gasteiger partial charge in [0.2, 0.25) is 0 Å². The van der Waals surface area contributed by atoms with Gasteiger partial charge in [-0.3, -0.25) is 0 Å². The second-order valence-electron chi connectivity index (χ2n) is 5.10. The molecule has 17 heavy (non-hydrogen) atoms. The summed E-state index contributed by atoms with van der Waals surface area (Å²) in [6, 6.07) is 0. The van der Waals surface area contributed by atoms with Crippen LogP contribution in [-0.2, 0) is 14.0 Å². The minimum absolute atomic E-state index is 0.0474. The minimum atomic E-state index is -1.74. The Balaban J connectivity index is 3.92. The minimum Gasteiger partial charge on any atom is -0.460 e. The molecule has 1 N–H and O–H groups in total. The maximum Gasteiger partial charge on any atom is 0.333 e. The molecule has 100 valence electrons. The van der Waals surface area contributed by atoms with Gasteiger partial charge in [0.15, 0.2) is 8.32 Å². The van der Waals surface area contributed by atoms with E-state index in [9.17, 15) is 9.90 Å². The molecule has 0 fully saturated rings. The van der Waals surface area contributed by atoms with Crippen molar-refractivity contribution in [2.24, 2.45) is 0 Å². The first-order chi connectivity index (χ1) is 7.66. The first-order valence-corrected chi connectivity index (χ1v) is 8.80. The Kier molecular flexibility index (Phi) is 6.67. The lowest BCUT2D eigenvalue weighted by molar-refractivity contribution is -0.142. The van der Waals surface area contributed by atoms with Crippen molar-refractivity contribution in [3.63, 3.8) is 0 Å². The van der Waals surface area contributed by atoms with Crippen molar-refractivity contribution in [2.75, 3.05) is 13.2 Å². The molecule has 0 amide bonds. The smallest absolute Gasteiger partial charge is 0.333 e. The average Bonchev–Trinajstić information content (AvgIpc) is 2.22. The van der Waals surface area contributed by atoms with Gasteiger partial charge in [-0.2, -0.15) is 0 Å². The Morgan fingerprint density at radius 3 is 2.29 bits per heavy atom. The zero-order valence-corrected chi connectivity index (χ0v) is 12.4. The lowest BCUT2D eigenvalue weighted by atomic mass is 10.3. The molecular formula is C12H24O4Si. The highest BCUT2D eigenvalue weighted by Crippen LogP contribution is 2.21. The lowest BCUT2D eigenvalue weighted by Gasteiger charge is -2.28. The normalized spacial score (nSPS) is 13.6. The first-order valence-electron chi connectivity index (χ1n) is 5.81.